The highest BCUT2D eigenvalue weighted by atomic mass is 79.9. The van der Waals surface area contributed by atoms with Crippen molar-refractivity contribution in [3.8, 4) is 5.75 Å². The second kappa shape index (κ2) is 10.7. The minimum atomic E-state index is -0.662. The zero-order valence-electron chi connectivity index (χ0n) is 15.5. The quantitative estimate of drug-likeness (QED) is 0.389. The average Bonchev–Trinajstić information content (AvgIpc) is 2.89. The first-order chi connectivity index (χ1) is 13.8. The summed E-state index contributed by atoms with van der Waals surface area (Å²) in [5.74, 6) is -1.55. The predicted octanol–water partition coefficient (Wildman–Crippen LogP) is 3.64. The molecular weight excluding hydrogens is 490 g/mol. The Bertz CT molecular complexity index is 851. The molecule has 8 nitrogen and oxygen atoms in total. The Morgan fingerprint density at radius 1 is 1.17 bits per heavy atom. The molecule has 0 bridgehead atoms. The summed E-state index contributed by atoms with van der Waals surface area (Å²) in [6, 6.07) is 3.14. The summed E-state index contributed by atoms with van der Waals surface area (Å²) in [7, 11) is 0. The van der Waals surface area contributed by atoms with Gasteiger partial charge in [-0.1, -0.05) is 11.6 Å². The summed E-state index contributed by atoms with van der Waals surface area (Å²) in [6.45, 7) is 2.96. The van der Waals surface area contributed by atoms with E-state index in [1.54, 1.807) is 19.9 Å². The van der Waals surface area contributed by atoms with Crippen molar-refractivity contribution in [2.24, 2.45) is 0 Å². The van der Waals surface area contributed by atoms with Gasteiger partial charge in [-0.25, -0.2) is 4.79 Å². The molecule has 2 amide bonds. The molecule has 11 heteroatoms. The first-order valence-corrected chi connectivity index (χ1v) is 10.4. The molecule has 0 saturated carbocycles. The molecule has 1 aromatic carbocycles. The van der Waals surface area contributed by atoms with Gasteiger partial charge < -0.3 is 14.2 Å². The molecule has 1 aliphatic heterocycles. The molecule has 1 fully saturated rings. The van der Waals surface area contributed by atoms with Crippen LogP contribution in [0, 0.1) is 0 Å². The summed E-state index contributed by atoms with van der Waals surface area (Å²) in [4.78, 5) is 48.4. The lowest BCUT2D eigenvalue weighted by molar-refractivity contribution is -0.146. The van der Waals surface area contributed by atoms with Crippen LogP contribution in [-0.2, 0) is 23.9 Å². The van der Waals surface area contributed by atoms with Crippen LogP contribution in [0.2, 0.25) is 5.02 Å². The molecule has 1 heterocycles. The Balaban J connectivity index is 2.16. The molecule has 1 saturated heterocycles. The Hall–Kier alpha value is -2.04. The number of nitrogens with zero attached hydrogens (tertiary/aromatic N) is 1. The third-order valence-electron chi connectivity index (χ3n) is 3.42. The number of carbonyl (C=O) groups is 4. The third-order valence-corrected chi connectivity index (χ3v) is 5.20. The van der Waals surface area contributed by atoms with Crippen molar-refractivity contribution >= 4 is 68.5 Å². The maximum atomic E-state index is 12.4. The second-order valence-electron chi connectivity index (χ2n) is 5.48. The Morgan fingerprint density at radius 2 is 1.83 bits per heavy atom. The maximum Gasteiger partial charge on any atom is 0.344 e. The van der Waals surface area contributed by atoms with Gasteiger partial charge in [0.25, 0.3) is 11.1 Å². The SMILES string of the molecule is CCOC(=O)COc1c(Cl)cc(/C=C2/SC(=O)N(CC(=O)OCC)C2=O)cc1Br. The number of esters is 2. The van der Waals surface area contributed by atoms with Crippen LogP contribution in [-0.4, -0.2) is 54.4 Å². The van der Waals surface area contributed by atoms with Gasteiger partial charge in [-0.05, 0) is 65.3 Å². The Labute approximate surface area is 184 Å². The Kier molecular flexibility index (Phi) is 8.54. The molecule has 0 unspecified atom stereocenters. The molecule has 0 radical (unpaired) electrons. The van der Waals surface area contributed by atoms with Crippen molar-refractivity contribution in [3.63, 3.8) is 0 Å². The van der Waals surface area contributed by atoms with Crippen molar-refractivity contribution in [1.29, 1.82) is 0 Å². The van der Waals surface area contributed by atoms with E-state index in [0.717, 1.165) is 4.90 Å². The molecule has 29 heavy (non-hydrogen) atoms. The van der Waals surface area contributed by atoms with E-state index in [9.17, 15) is 19.2 Å². The highest BCUT2D eigenvalue weighted by molar-refractivity contribution is 9.10. The van der Waals surface area contributed by atoms with Gasteiger partial charge in [-0.2, -0.15) is 0 Å². The highest BCUT2D eigenvalue weighted by Crippen LogP contribution is 2.37. The van der Waals surface area contributed by atoms with Gasteiger partial charge in [0.05, 0.1) is 27.6 Å². The fourth-order valence-electron chi connectivity index (χ4n) is 2.26. The normalized spacial score (nSPS) is 15.0. The lowest BCUT2D eigenvalue weighted by atomic mass is 10.2. The van der Waals surface area contributed by atoms with Gasteiger partial charge in [0.2, 0.25) is 0 Å². The summed E-state index contributed by atoms with van der Waals surface area (Å²) in [5, 5.41) is -0.366. The molecule has 0 aromatic heterocycles. The van der Waals surface area contributed by atoms with Crippen LogP contribution in [0.15, 0.2) is 21.5 Å². The number of halogens is 2. The number of rotatable bonds is 8. The minimum absolute atomic E-state index is 0.141. The van der Waals surface area contributed by atoms with E-state index in [2.05, 4.69) is 15.9 Å². The molecule has 1 aliphatic rings. The first-order valence-electron chi connectivity index (χ1n) is 8.45. The van der Waals surface area contributed by atoms with Crippen molar-refractivity contribution < 1.29 is 33.4 Å². The van der Waals surface area contributed by atoms with Crippen molar-refractivity contribution in [3.05, 3.63) is 32.1 Å². The van der Waals surface area contributed by atoms with E-state index in [1.807, 2.05) is 0 Å². The van der Waals surface area contributed by atoms with E-state index in [1.165, 1.54) is 12.1 Å². The van der Waals surface area contributed by atoms with Crippen LogP contribution < -0.4 is 4.74 Å². The molecule has 156 valence electrons. The third kappa shape index (κ3) is 6.22. The summed E-state index contributed by atoms with van der Waals surface area (Å²) in [6.07, 6.45) is 1.47. The number of hydrogen-bond acceptors (Lipinski definition) is 8. The standard InChI is InChI=1S/C18H17BrClNO7S/c1-3-26-14(22)8-21-17(24)13(29-18(21)25)7-10-5-11(19)16(12(20)6-10)28-9-15(23)27-4-2/h5-7H,3-4,8-9H2,1-2H3/b13-7+. The van der Waals surface area contributed by atoms with E-state index < -0.39 is 29.6 Å². The van der Waals surface area contributed by atoms with Crippen molar-refractivity contribution in [2.75, 3.05) is 26.4 Å². The van der Waals surface area contributed by atoms with Crippen LogP contribution in [0.3, 0.4) is 0 Å². The van der Waals surface area contributed by atoms with Gasteiger partial charge in [0.1, 0.15) is 6.54 Å². The molecule has 0 aliphatic carbocycles. The van der Waals surface area contributed by atoms with Crippen LogP contribution in [0.4, 0.5) is 4.79 Å². The number of imide groups is 1. The summed E-state index contributed by atoms with van der Waals surface area (Å²) >= 11 is 10.2. The fourth-order valence-corrected chi connectivity index (χ4v) is 4.09. The molecule has 2 rings (SSSR count). The number of amides is 2. The van der Waals surface area contributed by atoms with Gasteiger partial charge in [-0.15, -0.1) is 0 Å². The number of ether oxygens (including phenoxy) is 3. The van der Waals surface area contributed by atoms with Crippen LogP contribution >= 0.6 is 39.3 Å². The highest BCUT2D eigenvalue weighted by Gasteiger charge is 2.36. The molecule has 0 N–H and O–H groups in total. The largest absolute Gasteiger partial charge is 0.479 e. The van der Waals surface area contributed by atoms with E-state index >= 15 is 0 Å². The monoisotopic (exact) mass is 505 g/mol. The maximum absolute atomic E-state index is 12.4. The molecule has 0 atom stereocenters. The second-order valence-corrected chi connectivity index (χ2v) is 7.73. The summed E-state index contributed by atoms with van der Waals surface area (Å²) in [5.41, 5.74) is 0.520. The molecular formula is C18H17BrClNO7S. The van der Waals surface area contributed by atoms with E-state index in [4.69, 9.17) is 25.8 Å². The van der Waals surface area contributed by atoms with Gasteiger partial charge in [0, 0.05) is 0 Å². The van der Waals surface area contributed by atoms with Crippen molar-refractivity contribution in [2.45, 2.75) is 13.8 Å². The van der Waals surface area contributed by atoms with Gasteiger partial charge in [-0.3, -0.25) is 19.3 Å². The van der Waals surface area contributed by atoms with Gasteiger partial charge >= 0.3 is 11.9 Å². The number of hydrogen-bond donors (Lipinski definition) is 0. The molecule has 1 aromatic rings. The van der Waals surface area contributed by atoms with Crippen LogP contribution in [0.1, 0.15) is 19.4 Å². The lowest BCUT2D eigenvalue weighted by Crippen LogP contribution is -2.34. The zero-order chi connectivity index (χ0) is 21.6. The number of benzene rings is 1. The first kappa shape index (κ1) is 23.2. The Morgan fingerprint density at radius 3 is 2.45 bits per heavy atom. The number of thioether (sulfide) groups is 1. The average molecular weight is 507 g/mol. The van der Waals surface area contributed by atoms with Crippen molar-refractivity contribution in [1.82, 2.24) is 4.90 Å². The lowest BCUT2D eigenvalue weighted by Gasteiger charge is -2.11. The minimum Gasteiger partial charge on any atom is -0.479 e. The fraction of sp³-hybridized carbons (Fsp3) is 0.333. The molecule has 0 spiro atoms. The summed E-state index contributed by atoms with van der Waals surface area (Å²) < 4.78 is 15.4. The van der Waals surface area contributed by atoms with Crippen LogP contribution in [0.25, 0.3) is 6.08 Å². The number of carbonyl (C=O) groups excluding carboxylic acids is 4. The topological polar surface area (TPSA) is 99.2 Å². The predicted molar refractivity (Wildman–Crippen MR) is 111 cm³/mol. The zero-order valence-corrected chi connectivity index (χ0v) is 18.7. The van der Waals surface area contributed by atoms with Crippen LogP contribution in [0.5, 0.6) is 5.75 Å². The van der Waals surface area contributed by atoms with E-state index in [-0.39, 0.29) is 35.5 Å². The van der Waals surface area contributed by atoms with E-state index in [0.29, 0.717) is 21.8 Å². The smallest absolute Gasteiger partial charge is 0.344 e. The van der Waals surface area contributed by atoms with Gasteiger partial charge in [0.15, 0.2) is 12.4 Å².